The zero-order valence-electron chi connectivity index (χ0n) is 18.3. The first-order chi connectivity index (χ1) is 15.5. The minimum absolute atomic E-state index is 0.0108. The molecule has 0 atom stereocenters. The average Bonchev–Trinajstić information content (AvgIpc) is 3.40. The summed E-state index contributed by atoms with van der Waals surface area (Å²) in [5, 5.41) is 7.43. The second-order valence-corrected chi connectivity index (χ2v) is 7.73. The van der Waals surface area contributed by atoms with Gasteiger partial charge in [-0.25, -0.2) is 4.68 Å². The highest BCUT2D eigenvalue weighted by atomic mass is 16.7. The smallest absolute Gasteiger partial charge is 0.336 e. The molecule has 0 aliphatic carbocycles. The molecule has 0 saturated carbocycles. The van der Waals surface area contributed by atoms with Gasteiger partial charge in [0.05, 0.1) is 12.3 Å². The van der Waals surface area contributed by atoms with Crippen LogP contribution in [0.3, 0.4) is 0 Å². The molecule has 3 aromatic rings. The Balaban J connectivity index is 1.62. The number of hydrogen-bond acceptors (Lipinski definition) is 7. The van der Waals surface area contributed by atoms with Gasteiger partial charge in [0, 0.05) is 24.8 Å². The molecule has 1 amide bonds. The SMILES string of the molecule is COCCOc1nc(-c2ccc3c(c2)OCO3)n(-c2ccc(NC(=O)CC(C)C)cc2)n1. The van der Waals surface area contributed by atoms with E-state index in [0.717, 1.165) is 16.9 Å². The lowest BCUT2D eigenvalue weighted by Crippen LogP contribution is -2.13. The molecule has 0 fully saturated rings. The lowest BCUT2D eigenvalue weighted by atomic mass is 10.1. The summed E-state index contributed by atoms with van der Waals surface area (Å²) in [6.07, 6.45) is 0.473. The predicted molar refractivity (Wildman–Crippen MR) is 118 cm³/mol. The van der Waals surface area contributed by atoms with Crippen LogP contribution in [-0.2, 0) is 9.53 Å². The van der Waals surface area contributed by atoms with Crippen LogP contribution in [0.25, 0.3) is 17.1 Å². The molecule has 1 aliphatic rings. The number of amides is 1. The zero-order valence-corrected chi connectivity index (χ0v) is 18.3. The molecule has 1 aromatic heterocycles. The third-order valence-electron chi connectivity index (χ3n) is 4.73. The van der Waals surface area contributed by atoms with E-state index in [0.29, 0.717) is 42.9 Å². The van der Waals surface area contributed by atoms with E-state index in [1.807, 2.05) is 56.3 Å². The molecule has 168 valence electrons. The molecule has 2 heterocycles. The summed E-state index contributed by atoms with van der Waals surface area (Å²) in [5.74, 6) is 2.22. The second-order valence-electron chi connectivity index (χ2n) is 7.73. The highest BCUT2D eigenvalue weighted by Gasteiger charge is 2.19. The standard InChI is InChI=1S/C23H26N4O5/c1-15(2)12-21(28)24-17-5-7-18(8-6-17)27-22(25-23(26-27)30-11-10-29-3)16-4-9-19-20(13-16)32-14-31-19/h4-9,13,15H,10-12,14H2,1-3H3,(H,24,28). The van der Waals surface area contributed by atoms with Crippen molar-refractivity contribution in [3.63, 3.8) is 0 Å². The van der Waals surface area contributed by atoms with Gasteiger partial charge >= 0.3 is 6.01 Å². The van der Waals surface area contributed by atoms with Crippen LogP contribution in [0.15, 0.2) is 42.5 Å². The number of methoxy groups -OCH3 is 1. The summed E-state index contributed by atoms with van der Waals surface area (Å²) in [6, 6.07) is 13.3. The quantitative estimate of drug-likeness (QED) is 0.509. The normalized spacial score (nSPS) is 12.2. The number of rotatable bonds is 9. The number of carbonyl (C=O) groups excluding carboxylic acids is 1. The van der Waals surface area contributed by atoms with Gasteiger partial charge in [0.1, 0.15) is 6.61 Å². The first kappa shape index (κ1) is 21.6. The van der Waals surface area contributed by atoms with E-state index >= 15 is 0 Å². The van der Waals surface area contributed by atoms with E-state index in [1.165, 1.54) is 0 Å². The Kier molecular flexibility index (Phi) is 6.55. The number of hydrogen-bond donors (Lipinski definition) is 1. The number of anilines is 1. The number of benzene rings is 2. The van der Waals surface area contributed by atoms with Crippen LogP contribution in [-0.4, -0.2) is 47.8 Å². The maximum Gasteiger partial charge on any atom is 0.336 e. The minimum Gasteiger partial charge on any atom is -0.460 e. The Bertz CT molecular complexity index is 1080. The molecule has 4 rings (SSSR count). The average molecular weight is 438 g/mol. The van der Waals surface area contributed by atoms with Crippen molar-refractivity contribution >= 4 is 11.6 Å². The molecule has 9 heteroatoms. The maximum absolute atomic E-state index is 12.1. The van der Waals surface area contributed by atoms with E-state index in [-0.39, 0.29) is 18.7 Å². The van der Waals surface area contributed by atoms with E-state index in [4.69, 9.17) is 18.9 Å². The molecule has 32 heavy (non-hydrogen) atoms. The molecule has 1 N–H and O–H groups in total. The number of nitrogens with zero attached hydrogens (tertiary/aromatic N) is 3. The van der Waals surface area contributed by atoms with E-state index < -0.39 is 0 Å². The molecular formula is C23H26N4O5. The Morgan fingerprint density at radius 3 is 2.66 bits per heavy atom. The predicted octanol–water partition coefficient (Wildman–Crippen LogP) is 3.67. The van der Waals surface area contributed by atoms with Gasteiger partial charge in [0.15, 0.2) is 17.3 Å². The Morgan fingerprint density at radius 2 is 1.91 bits per heavy atom. The van der Waals surface area contributed by atoms with Crippen molar-refractivity contribution in [1.29, 1.82) is 0 Å². The largest absolute Gasteiger partial charge is 0.460 e. The van der Waals surface area contributed by atoms with Gasteiger partial charge in [-0.3, -0.25) is 4.79 Å². The van der Waals surface area contributed by atoms with Gasteiger partial charge in [0.2, 0.25) is 12.7 Å². The molecule has 2 aromatic carbocycles. The van der Waals surface area contributed by atoms with Gasteiger partial charge in [0.25, 0.3) is 0 Å². The van der Waals surface area contributed by atoms with E-state index in [1.54, 1.807) is 11.8 Å². The van der Waals surface area contributed by atoms with Crippen LogP contribution in [0.5, 0.6) is 17.5 Å². The number of nitrogens with one attached hydrogen (secondary N) is 1. The lowest BCUT2D eigenvalue weighted by Gasteiger charge is -2.09. The van der Waals surface area contributed by atoms with Crippen LogP contribution < -0.4 is 19.5 Å². The second kappa shape index (κ2) is 9.69. The van der Waals surface area contributed by atoms with Crippen LogP contribution in [0.2, 0.25) is 0 Å². The molecule has 9 nitrogen and oxygen atoms in total. The number of carbonyl (C=O) groups is 1. The number of aromatic nitrogens is 3. The third-order valence-corrected chi connectivity index (χ3v) is 4.73. The van der Waals surface area contributed by atoms with E-state index in [2.05, 4.69) is 15.4 Å². The summed E-state index contributed by atoms with van der Waals surface area (Å²) < 4.78 is 23.3. The molecule has 0 unspecified atom stereocenters. The maximum atomic E-state index is 12.1. The van der Waals surface area contributed by atoms with Crippen LogP contribution in [0.1, 0.15) is 20.3 Å². The summed E-state index contributed by atoms with van der Waals surface area (Å²) in [6.45, 7) is 4.98. The van der Waals surface area contributed by atoms with Crippen molar-refractivity contribution in [2.45, 2.75) is 20.3 Å². The monoisotopic (exact) mass is 438 g/mol. The highest BCUT2D eigenvalue weighted by Crippen LogP contribution is 2.36. The van der Waals surface area contributed by atoms with Crippen LogP contribution >= 0.6 is 0 Å². The molecule has 0 spiro atoms. The molecule has 1 aliphatic heterocycles. The van der Waals surface area contributed by atoms with Crippen molar-refractivity contribution in [2.75, 3.05) is 32.4 Å². The van der Waals surface area contributed by atoms with Gasteiger partial charge in [-0.1, -0.05) is 13.8 Å². The summed E-state index contributed by atoms with van der Waals surface area (Å²) in [5.41, 5.74) is 2.30. The van der Waals surface area contributed by atoms with Gasteiger partial charge in [-0.2, -0.15) is 4.98 Å². The highest BCUT2D eigenvalue weighted by molar-refractivity contribution is 5.90. The third kappa shape index (κ3) is 5.00. The van der Waals surface area contributed by atoms with Crippen molar-refractivity contribution in [1.82, 2.24) is 14.8 Å². The number of fused-ring (bicyclic) bond motifs is 1. The molecule has 0 bridgehead atoms. The zero-order chi connectivity index (χ0) is 22.5. The van der Waals surface area contributed by atoms with Gasteiger partial charge in [-0.05, 0) is 48.4 Å². The Labute approximate surface area is 186 Å². The van der Waals surface area contributed by atoms with Crippen LogP contribution in [0, 0.1) is 5.92 Å². The summed E-state index contributed by atoms with van der Waals surface area (Å²) >= 11 is 0. The van der Waals surface area contributed by atoms with E-state index in [9.17, 15) is 4.79 Å². The van der Waals surface area contributed by atoms with Crippen molar-refractivity contribution in [2.24, 2.45) is 5.92 Å². The first-order valence-corrected chi connectivity index (χ1v) is 10.4. The topological polar surface area (TPSA) is 96.7 Å². The summed E-state index contributed by atoms with van der Waals surface area (Å²) in [7, 11) is 1.61. The summed E-state index contributed by atoms with van der Waals surface area (Å²) in [4.78, 5) is 16.6. The van der Waals surface area contributed by atoms with Crippen LogP contribution in [0.4, 0.5) is 5.69 Å². The Morgan fingerprint density at radius 1 is 1.12 bits per heavy atom. The van der Waals surface area contributed by atoms with Gasteiger partial charge < -0.3 is 24.3 Å². The minimum atomic E-state index is -0.0108. The molecular weight excluding hydrogens is 412 g/mol. The number of ether oxygens (including phenoxy) is 4. The first-order valence-electron chi connectivity index (χ1n) is 10.4. The van der Waals surface area contributed by atoms with Gasteiger partial charge in [-0.15, -0.1) is 5.10 Å². The fraction of sp³-hybridized carbons (Fsp3) is 0.348. The van der Waals surface area contributed by atoms with Crippen molar-refractivity contribution < 1.29 is 23.7 Å². The Hall–Kier alpha value is -3.59. The lowest BCUT2D eigenvalue weighted by molar-refractivity contribution is -0.116. The fourth-order valence-electron chi connectivity index (χ4n) is 3.24. The fourth-order valence-corrected chi connectivity index (χ4v) is 3.24. The van der Waals surface area contributed by atoms with Crippen molar-refractivity contribution in [3.8, 4) is 34.6 Å². The molecule has 0 radical (unpaired) electrons. The molecule has 0 saturated heterocycles. The van der Waals surface area contributed by atoms with Crippen molar-refractivity contribution in [3.05, 3.63) is 42.5 Å².